The number of aliphatic hydroxyl groups excluding tert-OH is 1. The summed E-state index contributed by atoms with van der Waals surface area (Å²) in [7, 11) is 3.53. The molecule has 0 radical (unpaired) electrons. The highest BCUT2D eigenvalue weighted by atomic mass is 16.5. The van der Waals surface area contributed by atoms with Crippen LogP contribution in [0.3, 0.4) is 0 Å². The third-order valence-electron chi connectivity index (χ3n) is 4.81. The molecule has 25 heavy (non-hydrogen) atoms. The predicted molar refractivity (Wildman–Crippen MR) is 92.4 cm³/mol. The van der Waals surface area contributed by atoms with Crippen molar-refractivity contribution < 1.29 is 14.6 Å². The van der Waals surface area contributed by atoms with Gasteiger partial charge in [-0.2, -0.15) is 5.10 Å². The molecule has 1 aromatic carbocycles. The topological polar surface area (TPSA) is 72.5 Å². The molecular weight excluding hydrogens is 320 g/mol. The van der Waals surface area contributed by atoms with Gasteiger partial charge >= 0.3 is 0 Å². The summed E-state index contributed by atoms with van der Waals surface area (Å²) in [5.41, 5.74) is 3.66. The highest BCUT2D eigenvalue weighted by molar-refractivity contribution is 5.99. The van der Waals surface area contributed by atoms with E-state index in [1.807, 2.05) is 40.8 Å². The van der Waals surface area contributed by atoms with E-state index in [4.69, 9.17) is 9.84 Å². The van der Waals surface area contributed by atoms with E-state index < -0.39 is 0 Å². The lowest BCUT2D eigenvalue weighted by atomic mass is 10.2. The quantitative estimate of drug-likeness (QED) is 0.782. The minimum absolute atomic E-state index is 0.00980. The predicted octanol–water partition coefficient (Wildman–Crippen LogP) is 1.53. The second-order valence-corrected chi connectivity index (χ2v) is 6.24. The Labute approximate surface area is 145 Å². The van der Waals surface area contributed by atoms with Gasteiger partial charge in [0.15, 0.2) is 0 Å². The molecule has 3 heterocycles. The molecule has 0 fully saturated rings. The number of ether oxygens (including phenoxy) is 1. The van der Waals surface area contributed by atoms with Gasteiger partial charge in [-0.15, -0.1) is 0 Å². The Hall–Kier alpha value is -2.80. The molecule has 0 bridgehead atoms. The van der Waals surface area contributed by atoms with Gasteiger partial charge in [-0.1, -0.05) is 0 Å². The minimum atomic E-state index is -0.00980. The van der Waals surface area contributed by atoms with Crippen LogP contribution in [0.25, 0.3) is 10.9 Å². The van der Waals surface area contributed by atoms with Crippen LogP contribution in [-0.4, -0.2) is 44.0 Å². The lowest BCUT2D eigenvalue weighted by Gasteiger charge is -2.16. The van der Waals surface area contributed by atoms with Crippen LogP contribution in [0.5, 0.6) is 5.75 Å². The number of methoxy groups -OCH3 is 1. The molecule has 1 aliphatic rings. The molecule has 0 saturated heterocycles. The molecule has 0 atom stereocenters. The van der Waals surface area contributed by atoms with E-state index in [1.165, 1.54) is 0 Å². The molecule has 1 amide bonds. The van der Waals surface area contributed by atoms with Crippen molar-refractivity contribution >= 4 is 16.8 Å². The van der Waals surface area contributed by atoms with Gasteiger partial charge in [-0.25, -0.2) is 0 Å². The summed E-state index contributed by atoms with van der Waals surface area (Å²) in [5, 5.41) is 14.4. The van der Waals surface area contributed by atoms with Crippen LogP contribution in [0.15, 0.2) is 30.5 Å². The fraction of sp³-hybridized carbons (Fsp3) is 0.333. The first-order chi connectivity index (χ1) is 12.1. The van der Waals surface area contributed by atoms with Gasteiger partial charge in [-0.05, 0) is 18.2 Å². The lowest BCUT2D eigenvalue weighted by molar-refractivity contribution is 0.0738. The summed E-state index contributed by atoms with van der Waals surface area (Å²) in [6.45, 7) is 1.54. The molecule has 2 aromatic heterocycles. The molecular formula is C18H20N4O3. The molecule has 0 spiro atoms. The van der Waals surface area contributed by atoms with Gasteiger partial charge in [0.25, 0.3) is 5.91 Å². The van der Waals surface area contributed by atoms with Crippen LogP contribution in [0, 0.1) is 0 Å². The number of carbonyl (C=O) groups excluding carboxylic acids is 1. The first-order valence-electron chi connectivity index (χ1n) is 8.19. The standard InChI is InChI=1S/C18H20N4O3/c1-20-15-8-14(25-2)4-3-12(15)7-16(20)18(24)21-10-13-9-19-22(5-6-23)17(13)11-21/h3-4,7-9,23H,5-6,10-11H2,1-2H3. The second-order valence-electron chi connectivity index (χ2n) is 6.24. The summed E-state index contributed by atoms with van der Waals surface area (Å²) < 4.78 is 8.95. The Morgan fingerprint density at radius 2 is 2.16 bits per heavy atom. The van der Waals surface area contributed by atoms with Crippen LogP contribution in [0.1, 0.15) is 21.7 Å². The zero-order chi connectivity index (χ0) is 17.6. The smallest absolute Gasteiger partial charge is 0.271 e. The monoisotopic (exact) mass is 340 g/mol. The fourth-order valence-corrected chi connectivity index (χ4v) is 3.44. The normalized spacial score (nSPS) is 13.5. The first-order valence-corrected chi connectivity index (χ1v) is 8.19. The average molecular weight is 340 g/mol. The maximum atomic E-state index is 13.0. The third kappa shape index (κ3) is 2.47. The molecule has 1 aliphatic heterocycles. The number of carbonyl (C=O) groups is 1. The van der Waals surface area contributed by atoms with Gasteiger partial charge in [0.1, 0.15) is 11.4 Å². The molecule has 4 rings (SSSR count). The van der Waals surface area contributed by atoms with E-state index in [9.17, 15) is 4.79 Å². The van der Waals surface area contributed by atoms with Gasteiger partial charge in [0.05, 0.1) is 44.2 Å². The number of amides is 1. The molecule has 1 N–H and O–H groups in total. The van der Waals surface area contributed by atoms with Crippen molar-refractivity contribution in [3.63, 3.8) is 0 Å². The van der Waals surface area contributed by atoms with Gasteiger partial charge in [-0.3, -0.25) is 9.48 Å². The van der Waals surface area contributed by atoms with Gasteiger partial charge in [0, 0.05) is 30.6 Å². The zero-order valence-corrected chi connectivity index (χ0v) is 14.3. The SMILES string of the molecule is COc1ccc2cc(C(=O)N3Cc4cnn(CCO)c4C3)n(C)c2c1. The lowest BCUT2D eigenvalue weighted by Crippen LogP contribution is -2.28. The zero-order valence-electron chi connectivity index (χ0n) is 14.3. The van der Waals surface area contributed by atoms with Crippen molar-refractivity contribution in [2.24, 2.45) is 7.05 Å². The Kier molecular flexibility index (Phi) is 3.73. The van der Waals surface area contributed by atoms with E-state index in [0.29, 0.717) is 25.3 Å². The number of nitrogens with zero attached hydrogens (tertiary/aromatic N) is 4. The molecule has 0 saturated carbocycles. The maximum absolute atomic E-state index is 13.0. The summed E-state index contributed by atoms with van der Waals surface area (Å²) in [6.07, 6.45) is 1.78. The van der Waals surface area contributed by atoms with E-state index in [2.05, 4.69) is 5.10 Å². The Bertz CT molecular complexity index is 957. The number of benzene rings is 1. The van der Waals surface area contributed by atoms with Crippen molar-refractivity contribution in [2.45, 2.75) is 19.6 Å². The highest BCUT2D eigenvalue weighted by Gasteiger charge is 2.29. The van der Waals surface area contributed by atoms with Crippen molar-refractivity contribution in [3.05, 3.63) is 47.4 Å². The summed E-state index contributed by atoms with van der Waals surface area (Å²) in [4.78, 5) is 14.8. The molecule has 130 valence electrons. The number of aromatic nitrogens is 3. The molecule has 0 unspecified atom stereocenters. The number of hydrogen-bond acceptors (Lipinski definition) is 4. The van der Waals surface area contributed by atoms with Crippen molar-refractivity contribution in [1.29, 1.82) is 0 Å². The summed E-state index contributed by atoms with van der Waals surface area (Å²) in [5.74, 6) is 0.759. The van der Waals surface area contributed by atoms with Gasteiger partial charge in [0.2, 0.25) is 0 Å². The van der Waals surface area contributed by atoms with Crippen molar-refractivity contribution in [3.8, 4) is 5.75 Å². The van der Waals surface area contributed by atoms with E-state index >= 15 is 0 Å². The Morgan fingerprint density at radius 3 is 2.92 bits per heavy atom. The number of hydrogen-bond donors (Lipinski definition) is 1. The van der Waals surface area contributed by atoms with Crippen LogP contribution in [-0.2, 0) is 26.7 Å². The van der Waals surface area contributed by atoms with E-state index in [0.717, 1.165) is 27.9 Å². The van der Waals surface area contributed by atoms with Crippen molar-refractivity contribution in [1.82, 2.24) is 19.2 Å². The molecule has 0 aliphatic carbocycles. The molecule has 7 nitrogen and oxygen atoms in total. The number of rotatable bonds is 4. The summed E-state index contributed by atoms with van der Waals surface area (Å²) in [6, 6.07) is 7.71. The second kappa shape index (κ2) is 5.93. The number of fused-ring (bicyclic) bond motifs is 2. The maximum Gasteiger partial charge on any atom is 0.271 e. The van der Waals surface area contributed by atoms with Gasteiger partial charge < -0.3 is 19.3 Å². The van der Waals surface area contributed by atoms with Crippen LogP contribution >= 0.6 is 0 Å². The Morgan fingerprint density at radius 1 is 1.32 bits per heavy atom. The van der Waals surface area contributed by atoms with E-state index in [-0.39, 0.29) is 12.5 Å². The third-order valence-corrected chi connectivity index (χ3v) is 4.81. The number of aryl methyl sites for hydroxylation is 1. The van der Waals surface area contributed by atoms with E-state index in [1.54, 1.807) is 18.0 Å². The molecule has 3 aromatic rings. The van der Waals surface area contributed by atoms with Crippen molar-refractivity contribution in [2.75, 3.05) is 13.7 Å². The average Bonchev–Trinajstić information content (AvgIpc) is 3.29. The number of aliphatic hydroxyl groups is 1. The fourth-order valence-electron chi connectivity index (χ4n) is 3.44. The first kappa shape index (κ1) is 15.7. The van der Waals surface area contributed by atoms with Crippen LogP contribution in [0.2, 0.25) is 0 Å². The minimum Gasteiger partial charge on any atom is -0.497 e. The largest absolute Gasteiger partial charge is 0.497 e. The Balaban J connectivity index is 1.64. The van der Waals surface area contributed by atoms with Crippen LogP contribution < -0.4 is 4.74 Å². The highest BCUT2D eigenvalue weighted by Crippen LogP contribution is 2.28. The summed E-state index contributed by atoms with van der Waals surface area (Å²) >= 11 is 0. The van der Waals surface area contributed by atoms with Crippen LogP contribution in [0.4, 0.5) is 0 Å². The molecule has 7 heteroatoms.